The molecule has 1 rings (SSSR count). The van der Waals surface area contributed by atoms with Crippen LogP contribution in [0.1, 0.15) is 38.1 Å². The molecule has 0 aliphatic rings. The van der Waals surface area contributed by atoms with E-state index in [4.69, 9.17) is 4.52 Å². The molecule has 0 aliphatic heterocycles. The van der Waals surface area contributed by atoms with Gasteiger partial charge in [-0.2, -0.15) is 0 Å². The smallest absolute Gasteiger partial charge is 0.150 e. The normalized spacial score (nSPS) is 9.50. The second kappa shape index (κ2) is 7.33. The van der Waals surface area contributed by atoms with Crippen LogP contribution in [0.5, 0.6) is 0 Å². The third kappa shape index (κ3) is 4.82. The van der Waals surface area contributed by atoms with Crippen molar-refractivity contribution >= 4 is 0 Å². The van der Waals surface area contributed by atoms with E-state index in [-0.39, 0.29) is 0 Å². The summed E-state index contributed by atoms with van der Waals surface area (Å²) < 4.78 is 5.05. The molecule has 0 atom stereocenters. The van der Waals surface area contributed by atoms with Crippen LogP contribution in [-0.4, -0.2) is 12.2 Å². The Morgan fingerprint density at radius 1 is 1.64 bits per heavy atom. The van der Waals surface area contributed by atoms with Gasteiger partial charge in [0.15, 0.2) is 5.76 Å². The summed E-state index contributed by atoms with van der Waals surface area (Å²) in [5.74, 6) is 1.35. The lowest BCUT2D eigenvalue weighted by atomic mass is 10.1. The molecule has 3 heteroatoms. The quantitative estimate of drug-likeness (QED) is 0.755. The maximum Gasteiger partial charge on any atom is 0.150 e. The lowest BCUT2D eigenvalue weighted by Crippen LogP contribution is -2.03. The average Bonchev–Trinajstić information content (AvgIpc) is 2.55. The minimum absolute atomic E-state index is 0.448. The molecule has 80 valence electrons. The molecule has 0 aliphatic carbocycles. The van der Waals surface area contributed by atoms with Crippen LogP contribution < -0.4 is 5.32 Å². The van der Waals surface area contributed by atoms with E-state index >= 15 is 0 Å². The van der Waals surface area contributed by atoms with E-state index in [0.717, 1.165) is 18.0 Å². The molecule has 1 heterocycles. The standard InChI is InChI=1S/C8H14N2O.C3H6/c1-6(2)8-4-7(5-9-3)11-10-8;1-3-2/h4,6,9H,5H2,1-3H3;3H,1H2,2H3. The minimum atomic E-state index is 0.448. The maximum absolute atomic E-state index is 5.05. The Kier molecular flexibility index (Phi) is 6.76. The van der Waals surface area contributed by atoms with Gasteiger partial charge < -0.3 is 9.84 Å². The molecule has 0 spiro atoms. The van der Waals surface area contributed by atoms with Crippen LogP contribution in [0.4, 0.5) is 0 Å². The summed E-state index contributed by atoms with van der Waals surface area (Å²) in [6.45, 7) is 10.2. The molecule has 14 heavy (non-hydrogen) atoms. The topological polar surface area (TPSA) is 38.1 Å². The van der Waals surface area contributed by atoms with E-state index < -0.39 is 0 Å². The van der Waals surface area contributed by atoms with Crippen molar-refractivity contribution in [3.63, 3.8) is 0 Å². The Balaban J connectivity index is 0.000000500. The Labute approximate surface area is 86.2 Å². The predicted molar refractivity (Wildman–Crippen MR) is 59.2 cm³/mol. The van der Waals surface area contributed by atoms with Gasteiger partial charge in [-0.15, -0.1) is 6.58 Å². The lowest BCUT2D eigenvalue weighted by molar-refractivity contribution is 0.369. The first-order valence-electron chi connectivity index (χ1n) is 4.82. The molecule has 0 fully saturated rings. The van der Waals surface area contributed by atoms with Gasteiger partial charge in [0.1, 0.15) is 0 Å². The zero-order valence-electron chi connectivity index (χ0n) is 9.50. The number of allylic oxidation sites excluding steroid dienone is 1. The van der Waals surface area contributed by atoms with Crippen LogP contribution in [0.25, 0.3) is 0 Å². The van der Waals surface area contributed by atoms with Gasteiger partial charge in [0.2, 0.25) is 0 Å². The summed E-state index contributed by atoms with van der Waals surface area (Å²) in [5, 5.41) is 6.92. The first-order valence-corrected chi connectivity index (χ1v) is 4.82. The number of hydrogen-bond acceptors (Lipinski definition) is 3. The molecule has 1 aromatic rings. The van der Waals surface area contributed by atoms with Crippen molar-refractivity contribution in [1.29, 1.82) is 0 Å². The monoisotopic (exact) mass is 196 g/mol. The lowest BCUT2D eigenvalue weighted by Gasteiger charge is -1.93. The fourth-order valence-corrected chi connectivity index (χ4v) is 0.859. The third-order valence-corrected chi connectivity index (χ3v) is 1.52. The van der Waals surface area contributed by atoms with E-state index in [1.54, 1.807) is 6.08 Å². The van der Waals surface area contributed by atoms with Crippen LogP contribution in [0.2, 0.25) is 0 Å². The zero-order valence-corrected chi connectivity index (χ0v) is 9.50. The molecule has 0 saturated heterocycles. The highest BCUT2D eigenvalue weighted by Gasteiger charge is 2.05. The molecule has 0 aromatic carbocycles. The van der Waals surface area contributed by atoms with E-state index in [0.29, 0.717) is 5.92 Å². The molecule has 3 nitrogen and oxygen atoms in total. The van der Waals surface area contributed by atoms with Gasteiger partial charge >= 0.3 is 0 Å². The number of nitrogens with one attached hydrogen (secondary N) is 1. The van der Waals surface area contributed by atoms with Crippen molar-refractivity contribution in [2.75, 3.05) is 7.05 Å². The molecule has 0 unspecified atom stereocenters. The van der Waals surface area contributed by atoms with Gasteiger partial charge in [-0.25, -0.2) is 0 Å². The number of rotatable bonds is 3. The Morgan fingerprint density at radius 2 is 2.21 bits per heavy atom. The molecule has 0 radical (unpaired) electrons. The van der Waals surface area contributed by atoms with Gasteiger partial charge in [0.05, 0.1) is 12.2 Å². The molecule has 0 bridgehead atoms. The van der Waals surface area contributed by atoms with Crippen LogP contribution in [0, 0.1) is 0 Å². The van der Waals surface area contributed by atoms with Crippen molar-refractivity contribution in [2.45, 2.75) is 33.2 Å². The summed E-state index contributed by atoms with van der Waals surface area (Å²) in [6, 6.07) is 1.99. The molecule has 1 aromatic heterocycles. The first-order chi connectivity index (χ1) is 6.65. The molecule has 0 amide bonds. The summed E-state index contributed by atoms with van der Waals surface area (Å²) in [4.78, 5) is 0. The van der Waals surface area contributed by atoms with Crippen molar-refractivity contribution in [1.82, 2.24) is 10.5 Å². The fourth-order valence-electron chi connectivity index (χ4n) is 0.859. The molecule has 1 N–H and O–H groups in total. The summed E-state index contributed by atoms with van der Waals surface area (Å²) in [7, 11) is 1.89. The first kappa shape index (κ1) is 12.9. The van der Waals surface area contributed by atoms with Crippen LogP contribution in [0.3, 0.4) is 0 Å². The Morgan fingerprint density at radius 3 is 2.57 bits per heavy atom. The molecule has 0 saturated carbocycles. The minimum Gasteiger partial charge on any atom is -0.360 e. The Hall–Kier alpha value is -1.09. The van der Waals surface area contributed by atoms with E-state index in [2.05, 4.69) is 30.9 Å². The summed E-state index contributed by atoms with van der Waals surface area (Å²) in [5.41, 5.74) is 1.02. The highest BCUT2D eigenvalue weighted by molar-refractivity contribution is 5.08. The highest BCUT2D eigenvalue weighted by Crippen LogP contribution is 2.13. The van der Waals surface area contributed by atoms with Crippen molar-refractivity contribution in [3.05, 3.63) is 30.2 Å². The van der Waals surface area contributed by atoms with E-state index in [9.17, 15) is 0 Å². The van der Waals surface area contributed by atoms with Crippen molar-refractivity contribution in [3.8, 4) is 0 Å². The van der Waals surface area contributed by atoms with Gasteiger partial charge in [0.25, 0.3) is 0 Å². The van der Waals surface area contributed by atoms with E-state index in [1.165, 1.54) is 0 Å². The van der Waals surface area contributed by atoms with E-state index in [1.807, 2.05) is 20.0 Å². The van der Waals surface area contributed by atoms with Crippen molar-refractivity contribution in [2.24, 2.45) is 0 Å². The zero-order chi connectivity index (χ0) is 11.0. The highest BCUT2D eigenvalue weighted by atomic mass is 16.5. The molecular weight excluding hydrogens is 176 g/mol. The van der Waals surface area contributed by atoms with Crippen molar-refractivity contribution < 1.29 is 4.52 Å². The summed E-state index contributed by atoms with van der Waals surface area (Å²) >= 11 is 0. The predicted octanol–water partition coefficient (Wildman–Crippen LogP) is 2.71. The maximum atomic E-state index is 5.05. The van der Waals surface area contributed by atoms with Crippen LogP contribution in [0.15, 0.2) is 23.2 Å². The van der Waals surface area contributed by atoms with Gasteiger partial charge in [0, 0.05) is 6.07 Å². The summed E-state index contributed by atoms with van der Waals surface area (Å²) in [6.07, 6.45) is 1.75. The second-order valence-electron chi connectivity index (χ2n) is 3.31. The fraction of sp³-hybridized carbons (Fsp3) is 0.545. The average molecular weight is 196 g/mol. The SMILES string of the molecule is C=CC.CNCc1cc(C(C)C)no1. The number of nitrogens with zero attached hydrogens (tertiary/aromatic N) is 1. The Bertz CT molecular complexity index is 254. The van der Waals surface area contributed by atoms with Crippen LogP contribution >= 0.6 is 0 Å². The third-order valence-electron chi connectivity index (χ3n) is 1.52. The van der Waals surface area contributed by atoms with Gasteiger partial charge in [-0.05, 0) is 19.9 Å². The molecular formula is C11H20N2O. The largest absolute Gasteiger partial charge is 0.360 e. The van der Waals surface area contributed by atoms with Gasteiger partial charge in [-0.3, -0.25) is 0 Å². The van der Waals surface area contributed by atoms with Crippen LogP contribution in [-0.2, 0) is 6.54 Å². The second-order valence-corrected chi connectivity index (χ2v) is 3.31. The van der Waals surface area contributed by atoms with Gasteiger partial charge in [-0.1, -0.05) is 25.1 Å². The number of hydrogen-bond donors (Lipinski definition) is 1. The number of aromatic nitrogens is 1.